The number of hydrogen-bond donors (Lipinski definition) is 1. The van der Waals surface area contributed by atoms with Gasteiger partial charge >= 0.3 is 0 Å². The van der Waals surface area contributed by atoms with E-state index in [0.717, 1.165) is 12.0 Å². The van der Waals surface area contributed by atoms with Crippen LogP contribution in [-0.2, 0) is 0 Å². The molecule has 0 radical (unpaired) electrons. The minimum Gasteiger partial charge on any atom is -0.314 e. The van der Waals surface area contributed by atoms with Crippen molar-refractivity contribution >= 4 is 0 Å². The molecule has 2 bridgehead atoms. The van der Waals surface area contributed by atoms with Crippen molar-refractivity contribution in [1.82, 2.24) is 10.2 Å². The molecule has 1 aliphatic heterocycles. The van der Waals surface area contributed by atoms with Crippen LogP contribution in [0.4, 0.5) is 0 Å². The maximum atomic E-state index is 3.63. The van der Waals surface area contributed by atoms with Gasteiger partial charge in [-0.05, 0) is 75.4 Å². The average Bonchev–Trinajstić information content (AvgIpc) is 2.78. The van der Waals surface area contributed by atoms with Crippen molar-refractivity contribution in [2.24, 2.45) is 16.7 Å². The van der Waals surface area contributed by atoms with E-state index in [1.54, 1.807) is 0 Å². The van der Waals surface area contributed by atoms with Gasteiger partial charge in [0.2, 0.25) is 0 Å². The molecule has 2 heteroatoms. The topological polar surface area (TPSA) is 15.3 Å². The van der Waals surface area contributed by atoms with Crippen LogP contribution in [0, 0.1) is 16.7 Å². The second-order valence-electron chi connectivity index (χ2n) is 8.35. The van der Waals surface area contributed by atoms with Gasteiger partial charge in [-0.15, -0.1) is 0 Å². The van der Waals surface area contributed by atoms with Gasteiger partial charge in [0, 0.05) is 12.1 Å². The van der Waals surface area contributed by atoms with Crippen molar-refractivity contribution in [3.8, 4) is 0 Å². The summed E-state index contributed by atoms with van der Waals surface area (Å²) in [5.74, 6) is 0.975. The molecular formula is C17H32N2. The van der Waals surface area contributed by atoms with E-state index < -0.39 is 0 Å². The highest BCUT2D eigenvalue weighted by Crippen LogP contribution is 2.64. The van der Waals surface area contributed by atoms with E-state index in [9.17, 15) is 0 Å². The average molecular weight is 264 g/mol. The molecule has 0 aromatic carbocycles. The predicted molar refractivity (Wildman–Crippen MR) is 81.3 cm³/mol. The standard InChI is InChI=1S/C17H32N2/c1-13-7-11-19(10-5-9-18-13)15-16(2,3)14-6-8-17(15,4)12-14/h13-15,18H,5-12H2,1-4H3. The van der Waals surface area contributed by atoms with Crippen LogP contribution >= 0.6 is 0 Å². The smallest absolute Gasteiger partial charge is 0.0203 e. The van der Waals surface area contributed by atoms with Crippen molar-refractivity contribution in [2.45, 2.75) is 71.9 Å². The van der Waals surface area contributed by atoms with E-state index in [1.807, 2.05) is 0 Å². The minimum atomic E-state index is 0.531. The molecule has 2 nitrogen and oxygen atoms in total. The molecule has 19 heavy (non-hydrogen) atoms. The monoisotopic (exact) mass is 264 g/mol. The normalized spacial score (nSPS) is 47.1. The van der Waals surface area contributed by atoms with E-state index >= 15 is 0 Å². The van der Waals surface area contributed by atoms with Gasteiger partial charge in [0.05, 0.1) is 0 Å². The Hall–Kier alpha value is -0.0800. The first-order valence-electron chi connectivity index (χ1n) is 8.41. The maximum absolute atomic E-state index is 3.63. The van der Waals surface area contributed by atoms with Crippen LogP contribution in [0.1, 0.15) is 59.8 Å². The SMILES string of the molecule is CC1CCN(C2C3(C)CCC(C3)C2(C)C)CCCN1. The molecule has 1 N–H and O–H groups in total. The second-order valence-corrected chi connectivity index (χ2v) is 8.35. The molecule has 0 amide bonds. The van der Waals surface area contributed by atoms with E-state index in [2.05, 4.69) is 37.9 Å². The van der Waals surface area contributed by atoms with Crippen LogP contribution in [0.5, 0.6) is 0 Å². The lowest BCUT2D eigenvalue weighted by molar-refractivity contribution is -0.00136. The first kappa shape index (κ1) is 13.9. The van der Waals surface area contributed by atoms with E-state index in [0.29, 0.717) is 16.9 Å². The second kappa shape index (κ2) is 4.73. The molecule has 0 spiro atoms. The summed E-state index contributed by atoms with van der Waals surface area (Å²) in [6, 6.07) is 1.52. The quantitative estimate of drug-likeness (QED) is 0.782. The molecule has 3 fully saturated rings. The molecule has 4 unspecified atom stereocenters. The third kappa shape index (κ3) is 2.25. The van der Waals surface area contributed by atoms with Crippen LogP contribution in [0.2, 0.25) is 0 Å². The Morgan fingerprint density at radius 2 is 1.89 bits per heavy atom. The largest absolute Gasteiger partial charge is 0.314 e. The number of nitrogens with zero attached hydrogens (tertiary/aromatic N) is 1. The van der Waals surface area contributed by atoms with Gasteiger partial charge in [-0.3, -0.25) is 4.90 Å². The van der Waals surface area contributed by atoms with Crippen molar-refractivity contribution in [3.63, 3.8) is 0 Å². The van der Waals surface area contributed by atoms with Crippen molar-refractivity contribution in [1.29, 1.82) is 0 Å². The minimum absolute atomic E-state index is 0.531. The molecule has 2 saturated carbocycles. The fourth-order valence-corrected chi connectivity index (χ4v) is 5.65. The van der Waals surface area contributed by atoms with Gasteiger partial charge < -0.3 is 5.32 Å². The summed E-state index contributed by atoms with van der Waals surface area (Å²) >= 11 is 0. The van der Waals surface area contributed by atoms with E-state index in [-0.39, 0.29) is 0 Å². The van der Waals surface area contributed by atoms with Crippen LogP contribution in [0.3, 0.4) is 0 Å². The molecule has 1 saturated heterocycles. The summed E-state index contributed by atoms with van der Waals surface area (Å²) in [5, 5.41) is 3.63. The lowest BCUT2D eigenvalue weighted by Crippen LogP contribution is -2.54. The van der Waals surface area contributed by atoms with Crippen LogP contribution < -0.4 is 5.32 Å². The summed E-state index contributed by atoms with van der Waals surface area (Å²) in [4.78, 5) is 2.87. The summed E-state index contributed by atoms with van der Waals surface area (Å²) in [6.45, 7) is 13.8. The molecule has 4 atom stereocenters. The Bertz CT molecular complexity index is 333. The van der Waals surface area contributed by atoms with Crippen molar-refractivity contribution < 1.29 is 0 Å². The summed E-state index contributed by atoms with van der Waals surface area (Å²) < 4.78 is 0. The maximum Gasteiger partial charge on any atom is 0.0203 e. The Morgan fingerprint density at radius 1 is 1.11 bits per heavy atom. The number of fused-ring (bicyclic) bond motifs is 2. The Labute approximate surface area is 119 Å². The Balaban J connectivity index is 1.79. The fourth-order valence-electron chi connectivity index (χ4n) is 5.65. The highest BCUT2D eigenvalue weighted by Gasteiger charge is 2.60. The van der Waals surface area contributed by atoms with Crippen LogP contribution in [-0.4, -0.2) is 36.6 Å². The lowest BCUT2D eigenvalue weighted by atomic mass is 9.67. The number of hydrogen-bond acceptors (Lipinski definition) is 2. The zero-order chi connectivity index (χ0) is 13.7. The fraction of sp³-hybridized carbons (Fsp3) is 1.00. The van der Waals surface area contributed by atoms with Crippen molar-refractivity contribution in [3.05, 3.63) is 0 Å². The van der Waals surface area contributed by atoms with Gasteiger partial charge in [0.1, 0.15) is 0 Å². The zero-order valence-electron chi connectivity index (χ0n) is 13.3. The van der Waals surface area contributed by atoms with Gasteiger partial charge in [0.25, 0.3) is 0 Å². The Morgan fingerprint density at radius 3 is 2.58 bits per heavy atom. The molecule has 3 aliphatic rings. The highest BCUT2D eigenvalue weighted by molar-refractivity contribution is 5.12. The Kier molecular flexibility index (Phi) is 3.46. The summed E-state index contributed by atoms with van der Waals surface area (Å²) in [6.07, 6.45) is 7.06. The summed E-state index contributed by atoms with van der Waals surface area (Å²) in [5.41, 5.74) is 1.13. The first-order valence-corrected chi connectivity index (χ1v) is 8.41. The van der Waals surface area contributed by atoms with Gasteiger partial charge in [-0.1, -0.05) is 20.8 Å². The summed E-state index contributed by atoms with van der Waals surface area (Å²) in [7, 11) is 0. The highest BCUT2D eigenvalue weighted by atomic mass is 15.2. The molecule has 2 aliphatic carbocycles. The van der Waals surface area contributed by atoms with Gasteiger partial charge in [-0.25, -0.2) is 0 Å². The van der Waals surface area contributed by atoms with E-state index in [1.165, 1.54) is 51.7 Å². The van der Waals surface area contributed by atoms with E-state index in [4.69, 9.17) is 0 Å². The number of rotatable bonds is 1. The lowest BCUT2D eigenvalue weighted by Gasteiger charge is -2.49. The number of nitrogens with one attached hydrogen (secondary N) is 1. The molecule has 0 aromatic rings. The first-order chi connectivity index (χ1) is 8.93. The molecular weight excluding hydrogens is 232 g/mol. The molecule has 3 rings (SSSR count). The molecule has 1 heterocycles. The third-order valence-corrected chi connectivity index (χ3v) is 6.52. The zero-order valence-corrected chi connectivity index (χ0v) is 13.3. The third-order valence-electron chi connectivity index (χ3n) is 6.52. The van der Waals surface area contributed by atoms with Crippen molar-refractivity contribution in [2.75, 3.05) is 19.6 Å². The van der Waals surface area contributed by atoms with Crippen LogP contribution in [0.15, 0.2) is 0 Å². The van der Waals surface area contributed by atoms with Gasteiger partial charge in [-0.2, -0.15) is 0 Å². The predicted octanol–water partition coefficient (Wildman–Crippen LogP) is 3.28. The van der Waals surface area contributed by atoms with Gasteiger partial charge in [0.15, 0.2) is 0 Å². The molecule has 0 aromatic heterocycles. The van der Waals surface area contributed by atoms with Crippen LogP contribution in [0.25, 0.3) is 0 Å². The molecule has 110 valence electrons.